The first-order valence-corrected chi connectivity index (χ1v) is 5.20. The molecule has 0 atom stereocenters. The van der Waals surface area contributed by atoms with Crippen LogP contribution in [0, 0.1) is 6.92 Å². The third-order valence-corrected chi connectivity index (χ3v) is 2.96. The van der Waals surface area contributed by atoms with Gasteiger partial charge in [0.15, 0.2) is 5.78 Å². The number of ether oxygens (including phenoxy) is 1. The van der Waals surface area contributed by atoms with Crippen LogP contribution in [-0.2, 0) is 9.53 Å². The van der Waals surface area contributed by atoms with Crippen molar-refractivity contribution in [3.8, 4) is 0 Å². The molecule has 0 amide bonds. The molecular formula is C11H11BrO3. The van der Waals surface area contributed by atoms with E-state index in [1.807, 2.05) is 13.0 Å². The maximum Gasteiger partial charge on any atom is 0.313 e. The molecule has 0 unspecified atom stereocenters. The van der Waals surface area contributed by atoms with Crippen LogP contribution in [0.5, 0.6) is 0 Å². The van der Waals surface area contributed by atoms with Gasteiger partial charge in [0.05, 0.1) is 7.11 Å². The molecule has 0 aliphatic heterocycles. The summed E-state index contributed by atoms with van der Waals surface area (Å²) in [6.07, 6.45) is -0.214. The molecule has 0 aliphatic rings. The van der Waals surface area contributed by atoms with Gasteiger partial charge < -0.3 is 4.74 Å². The molecular weight excluding hydrogens is 260 g/mol. The highest BCUT2D eigenvalue weighted by Crippen LogP contribution is 2.20. The molecule has 15 heavy (non-hydrogen) atoms. The number of rotatable bonds is 3. The standard InChI is InChI=1S/C11H11BrO3/c1-7-8(4-3-5-9(7)12)10(13)6-11(14)15-2/h3-5H,6H2,1-2H3. The number of esters is 1. The molecule has 0 saturated carbocycles. The summed E-state index contributed by atoms with van der Waals surface area (Å²) in [5.74, 6) is -0.736. The predicted molar refractivity (Wildman–Crippen MR) is 59.8 cm³/mol. The fraction of sp³-hybridized carbons (Fsp3) is 0.273. The first-order chi connectivity index (χ1) is 7.06. The summed E-state index contributed by atoms with van der Waals surface area (Å²) in [6.45, 7) is 1.83. The predicted octanol–water partition coefficient (Wildman–Crippen LogP) is 2.50. The molecule has 1 rings (SSSR count). The Bertz CT molecular complexity index is 399. The maximum absolute atomic E-state index is 11.7. The van der Waals surface area contributed by atoms with Gasteiger partial charge in [-0.3, -0.25) is 9.59 Å². The van der Waals surface area contributed by atoms with Crippen LogP contribution < -0.4 is 0 Å². The van der Waals surface area contributed by atoms with Crippen LogP contribution in [-0.4, -0.2) is 18.9 Å². The van der Waals surface area contributed by atoms with Gasteiger partial charge in [0, 0.05) is 10.0 Å². The van der Waals surface area contributed by atoms with E-state index < -0.39 is 5.97 Å². The molecule has 0 heterocycles. The van der Waals surface area contributed by atoms with E-state index in [0.29, 0.717) is 5.56 Å². The zero-order valence-electron chi connectivity index (χ0n) is 8.54. The van der Waals surface area contributed by atoms with Crippen LogP contribution in [0.25, 0.3) is 0 Å². The SMILES string of the molecule is COC(=O)CC(=O)c1cccc(Br)c1C. The fourth-order valence-electron chi connectivity index (χ4n) is 1.21. The smallest absolute Gasteiger partial charge is 0.313 e. The van der Waals surface area contributed by atoms with Gasteiger partial charge in [-0.1, -0.05) is 28.1 Å². The van der Waals surface area contributed by atoms with Crippen LogP contribution in [0.3, 0.4) is 0 Å². The van der Waals surface area contributed by atoms with E-state index in [-0.39, 0.29) is 12.2 Å². The van der Waals surface area contributed by atoms with E-state index in [9.17, 15) is 9.59 Å². The minimum atomic E-state index is -0.514. The van der Waals surface area contributed by atoms with Gasteiger partial charge >= 0.3 is 5.97 Å². The summed E-state index contributed by atoms with van der Waals surface area (Å²) in [6, 6.07) is 5.32. The molecule has 0 spiro atoms. The normalized spacial score (nSPS) is 9.80. The van der Waals surface area contributed by atoms with E-state index in [2.05, 4.69) is 20.7 Å². The van der Waals surface area contributed by atoms with Gasteiger partial charge in [-0.05, 0) is 18.6 Å². The van der Waals surface area contributed by atoms with Gasteiger partial charge in [-0.2, -0.15) is 0 Å². The minimum Gasteiger partial charge on any atom is -0.469 e. The Kier molecular flexibility index (Phi) is 4.03. The van der Waals surface area contributed by atoms with Gasteiger partial charge in [0.1, 0.15) is 6.42 Å². The first kappa shape index (κ1) is 11.9. The average molecular weight is 271 g/mol. The highest BCUT2D eigenvalue weighted by atomic mass is 79.9. The molecule has 80 valence electrons. The Balaban J connectivity index is 2.92. The zero-order chi connectivity index (χ0) is 11.4. The number of Topliss-reactive ketones (excluding diaryl/α,β-unsaturated/α-hetero) is 1. The lowest BCUT2D eigenvalue weighted by atomic mass is 10.0. The number of methoxy groups -OCH3 is 1. The topological polar surface area (TPSA) is 43.4 Å². The lowest BCUT2D eigenvalue weighted by Crippen LogP contribution is -2.10. The highest BCUT2D eigenvalue weighted by Gasteiger charge is 2.14. The lowest BCUT2D eigenvalue weighted by Gasteiger charge is -2.05. The van der Waals surface area contributed by atoms with E-state index >= 15 is 0 Å². The van der Waals surface area contributed by atoms with Crippen molar-refractivity contribution in [2.24, 2.45) is 0 Å². The fourth-order valence-corrected chi connectivity index (χ4v) is 1.57. The van der Waals surface area contributed by atoms with E-state index in [1.165, 1.54) is 7.11 Å². The summed E-state index contributed by atoms with van der Waals surface area (Å²) < 4.78 is 5.30. The summed E-state index contributed by atoms with van der Waals surface area (Å²) in [4.78, 5) is 22.6. The molecule has 0 aliphatic carbocycles. The van der Waals surface area contributed by atoms with Crippen molar-refractivity contribution >= 4 is 27.7 Å². The van der Waals surface area contributed by atoms with Gasteiger partial charge in [-0.25, -0.2) is 0 Å². The monoisotopic (exact) mass is 270 g/mol. The van der Waals surface area contributed by atoms with Crippen molar-refractivity contribution < 1.29 is 14.3 Å². The van der Waals surface area contributed by atoms with Gasteiger partial charge in [0.2, 0.25) is 0 Å². The number of hydrogen-bond donors (Lipinski definition) is 0. The van der Waals surface area contributed by atoms with E-state index in [1.54, 1.807) is 12.1 Å². The third kappa shape index (κ3) is 2.89. The molecule has 1 aromatic carbocycles. The summed E-state index contributed by atoms with van der Waals surface area (Å²) in [5.41, 5.74) is 1.39. The van der Waals surface area contributed by atoms with E-state index in [0.717, 1.165) is 10.0 Å². The number of ketones is 1. The number of carbonyl (C=O) groups is 2. The van der Waals surface area contributed by atoms with Gasteiger partial charge in [0.25, 0.3) is 0 Å². The van der Waals surface area contributed by atoms with E-state index in [4.69, 9.17) is 0 Å². The van der Waals surface area contributed by atoms with Crippen molar-refractivity contribution in [3.63, 3.8) is 0 Å². The summed E-state index contributed by atoms with van der Waals surface area (Å²) >= 11 is 3.33. The molecule has 0 fully saturated rings. The lowest BCUT2D eigenvalue weighted by molar-refractivity contribution is -0.139. The van der Waals surface area contributed by atoms with Crippen LogP contribution in [0.4, 0.5) is 0 Å². The van der Waals surface area contributed by atoms with Crippen molar-refractivity contribution in [1.29, 1.82) is 0 Å². The second kappa shape index (κ2) is 5.07. The van der Waals surface area contributed by atoms with Crippen molar-refractivity contribution in [1.82, 2.24) is 0 Å². The Labute approximate surface area is 96.6 Å². The molecule has 0 aromatic heterocycles. The Morgan fingerprint density at radius 3 is 2.67 bits per heavy atom. The first-order valence-electron chi connectivity index (χ1n) is 4.41. The summed E-state index contributed by atoms with van der Waals surface area (Å²) in [5, 5.41) is 0. The second-order valence-electron chi connectivity index (χ2n) is 3.09. The molecule has 4 heteroatoms. The van der Waals surface area contributed by atoms with Crippen molar-refractivity contribution in [2.75, 3.05) is 7.11 Å². The highest BCUT2D eigenvalue weighted by molar-refractivity contribution is 9.10. The molecule has 0 bridgehead atoms. The Morgan fingerprint density at radius 2 is 2.07 bits per heavy atom. The van der Waals surface area contributed by atoms with Crippen molar-refractivity contribution in [3.05, 3.63) is 33.8 Å². The number of halogens is 1. The summed E-state index contributed by atoms with van der Waals surface area (Å²) in [7, 11) is 1.27. The quantitative estimate of drug-likeness (QED) is 0.482. The third-order valence-electron chi connectivity index (χ3n) is 2.10. The number of hydrogen-bond acceptors (Lipinski definition) is 3. The van der Waals surface area contributed by atoms with Crippen LogP contribution in [0.2, 0.25) is 0 Å². The maximum atomic E-state index is 11.7. The average Bonchev–Trinajstić information content (AvgIpc) is 2.21. The molecule has 0 N–H and O–H groups in total. The molecule has 3 nitrogen and oxygen atoms in total. The van der Waals surface area contributed by atoms with Crippen LogP contribution in [0.1, 0.15) is 22.3 Å². The zero-order valence-corrected chi connectivity index (χ0v) is 10.1. The molecule has 0 radical (unpaired) electrons. The number of benzene rings is 1. The van der Waals surface area contributed by atoms with Crippen LogP contribution in [0.15, 0.2) is 22.7 Å². The minimum absolute atomic E-state index is 0.214. The Morgan fingerprint density at radius 1 is 1.40 bits per heavy atom. The van der Waals surface area contributed by atoms with Gasteiger partial charge in [-0.15, -0.1) is 0 Å². The largest absolute Gasteiger partial charge is 0.469 e. The molecule has 1 aromatic rings. The second-order valence-corrected chi connectivity index (χ2v) is 3.94. The Hall–Kier alpha value is -1.16. The van der Waals surface area contributed by atoms with Crippen molar-refractivity contribution in [2.45, 2.75) is 13.3 Å². The number of carbonyl (C=O) groups excluding carboxylic acids is 2. The van der Waals surface area contributed by atoms with Crippen LogP contribution >= 0.6 is 15.9 Å². The molecule has 0 saturated heterocycles.